The first-order valence-corrected chi connectivity index (χ1v) is 6.32. The van der Waals surface area contributed by atoms with Gasteiger partial charge in [0.15, 0.2) is 0 Å². The third-order valence-electron chi connectivity index (χ3n) is 3.95. The molecule has 0 amide bonds. The molecular weight excluding hydrogens is 186 g/mol. The van der Waals surface area contributed by atoms with Crippen molar-refractivity contribution >= 4 is 5.78 Å². The van der Waals surface area contributed by atoms with E-state index in [1.54, 1.807) is 0 Å². The molecule has 0 aromatic heterocycles. The van der Waals surface area contributed by atoms with Crippen molar-refractivity contribution in [2.45, 2.75) is 46.0 Å². The average molecular weight is 209 g/mol. The number of rotatable bonds is 3. The Balaban J connectivity index is 1.79. The monoisotopic (exact) mass is 209 g/mol. The summed E-state index contributed by atoms with van der Waals surface area (Å²) in [5, 5.41) is 0. The zero-order chi connectivity index (χ0) is 10.9. The fourth-order valence-electron chi connectivity index (χ4n) is 2.96. The van der Waals surface area contributed by atoms with Crippen LogP contribution in [0.5, 0.6) is 0 Å². The molecule has 1 aliphatic carbocycles. The quantitative estimate of drug-likeness (QED) is 0.711. The van der Waals surface area contributed by atoms with Crippen molar-refractivity contribution in [1.29, 1.82) is 0 Å². The van der Waals surface area contributed by atoms with Gasteiger partial charge in [-0.1, -0.05) is 26.7 Å². The SMILES string of the molecule is CC1(C)CCN(CC(=O)C2CCCC2)C1. The first-order chi connectivity index (χ1) is 7.07. The highest BCUT2D eigenvalue weighted by Gasteiger charge is 2.32. The summed E-state index contributed by atoms with van der Waals surface area (Å²) in [6.07, 6.45) is 6.07. The van der Waals surface area contributed by atoms with E-state index in [4.69, 9.17) is 0 Å². The number of ketones is 1. The minimum Gasteiger partial charge on any atom is -0.298 e. The topological polar surface area (TPSA) is 20.3 Å². The van der Waals surface area contributed by atoms with E-state index in [2.05, 4.69) is 18.7 Å². The van der Waals surface area contributed by atoms with Crippen LogP contribution in [0, 0.1) is 11.3 Å². The predicted octanol–water partition coefficient (Wildman–Crippen LogP) is 2.48. The van der Waals surface area contributed by atoms with Gasteiger partial charge in [0, 0.05) is 12.5 Å². The largest absolute Gasteiger partial charge is 0.298 e. The molecule has 0 unspecified atom stereocenters. The maximum atomic E-state index is 12.0. The second-order valence-corrected chi connectivity index (χ2v) is 6.07. The van der Waals surface area contributed by atoms with Crippen molar-refractivity contribution in [3.63, 3.8) is 0 Å². The standard InChI is InChI=1S/C13H23NO/c1-13(2)7-8-14(10-13)9-12(15)11-5-3-4-6-11/h11H,3-10H2,1-2H3. The van der Waals surface area contributed by atoms with E-state index in [1.807, 2.05) is 0 Å². The normalized spacial score (nSPS) is 27.3. The van der Waals surface area contributed by atoms with Crippen LogP contribution < -0.4 is 0 Å². The van der Waals surface area contributed by atoms with Gasteiger partial charge in [-0.15, -0.1) is 0 Å². The highest BCUT2D eigenvalue weighted by atomic mass is 16.1. The molecule has 86 valence electrons. The van der Waals surface area contributed by atoms with Crippen molar-refractivity contribution < 1.29 is 4.79 Å². The van der Waals surface area contributed by atoms with E-state index in [9.17, 15) is 4.79 Å². The molecule has 15 heavy (non-hydrogen) atoms. The Hall–Kier alpha value is -0.370. The van der Waals surface area contributed by atoms with Crippen LogP contribution >= 0.6 is 0 Å². The van der Waals surface area contributed by atoms with E-state index in [1.165, 1.54) is 19.3 Å². The minimum atomic E-state index is 0.397. The molecule has 1 saturated heterocycles. The highest BCUT2D eigenvalue weighted by molar-refractivity contribution is 5.83. The Labute approximate surface area is 93.0 Å². The maximum absolute atomic E-state index is 12.0. The summed E-state index contributed by atoms with van der Waals surface area (Å²) in [5.74, 6) is 0.902. The molecule has 2 aliphatic rings. The van der Waals surface area contributed by atoms with Gasteiger partial charge in [-0.05, 0) is 31.2 Å². The van der Waals surface area contributed by atoms with Crippen molar-refractivity contribution in [3.8, 4) is 0 Å². The van der Waals surface area contributed by atoms with Crippen LogP contribution in [0.15, 0.2) is 0 Å². The first-order valence-electron chi connectivity index (χ1n) is 6.32. The van der Waals surface area contributed by atoms with Crippen LogP contribution in [-0.2, 0) is 4.79 Å². The Bertz CT molecular complexity index is 241. The fraction of sp³-hybridized carbons (Fsp3) is 0.923. The molecule has 2 nitrogen and oxygen atoms in total. The van der Waals surface area contributed by atoms with Crippen LogP contribution in [0.25, 0.3) is 0 Å². The summed E-state index contributed by atoms with van der Waals surface area (Å²) < 4.78 is 0. The van der Waals surface area contributed by atoms with Gasteiger partial charge in [-0.2, -0.15) is 0 Å². The molecule has 1 saturated carbocycles. The van der Waals surface area contributed by atoms with Crippen LogP contribution in [0.3, 0.4) is 0 Å². The van der Waals surface area contributed by atoms with E-state index < -0.39 is 0 Å². The zero-order valence-electron chi connectivity index (χ0n) is 10.1. The molecule has 0 bridgehead atoms. The molecular formula is C13H23NO. The van der Waals surface area contributed by atoms with E-state index >= 15 is 0 Å². The van der Waals surface area contributed by atoms with E-state index in [0.717, 1.165) is 25.9 Å². The third kappa shape index (κ3) is 2.81. The van der Waals surface area contributed by atoms with Gasteiger partial charge in [0.05, 0.1) is 6.54 Å². The Morgan fingerprint density at radius 2 is 2.00 bits per heavy atom. The lowest BCUT2D eigenvalue weighted by Crippen LogP contribution is -2.32. The number of nitrogens with zero attached hydrogens (tertiary/aromatic N) is 1. The molecule has 0 aromatic carbocycles. The van der Waals surface area contributed by atoms with Crippen LogP contribution in [0.4, 0.5) is 0 Å². The molecule has 1 heterocycles. The Kier molecular flexibility index (Phi) is 3.15. The van der Waals surface area contributed by atoms with Gasteiger partial charge in [0.25, 0.3) is 0 Å². The van der Waals surface area contributed by atoms with Crippen molar-refractivity contribution in [2.75, 3.05) is 19.6 Å². The number of likely N-dealkylation sites (tertiary alicyclic amines) is 1. The maximum Gasteiger partial charge on any atom is 0.149 e. The van der Waals surface area contributed by atoms with Gasteiger partial charge in [0.2, 0.25) is 0 Å². The minimum absolute atomic E-state index is 0.397. The van der Waals surface area contributed by atoms with Gasteiger partial charge >= 0.3 is 0 Å². The highest BCUT2D eigenvalue weighted by Crippen LogP contribution is 2.30. The number of hydrogen-bond acceptors (Lipinski definition) is 2. The van der Waals surface area contributed by atoms with Crippen LogP contribution in [0.2, 0.25) is 0 Å². The summed E-state index contributed by atoms with van der Waals surface area (Å²) >= 11 is 0. The second-order valence-electron chi connectivity index (χ2n) is 6.07. The zero-order valence-corrected chi connectivity index (χ0v) is 10.1. The molecule has 0 radical (unpaired) electrons. The Morgan fingerprint density at radius 1 is 1.33 bits per heavy atom. The summed E-state index contributed by atoms with van der Waals surface area (Å²) in [5.41, 5.74) is 0.427. The molecule has 0 atom stereocenters. The lowest BCUT2D eigenvalue weighted by atomic mass is 9.93. The van der Waals surface area contributed by atoms with Gasteiger partial charge < -0.3 is 0 Å². The molecule has 2 heteroatoms. The molecule has 2 rings (SSSR count). The first kappa shape index (κ1) is 11.1. The van der Waals surface area contributed by atoms with Gasteiger partial charge in [-0.3, -0.25) is 9.69 Å². The number of carbonyl (C=O) groups excluding carboxylic acids is 1. The smallest absolute Gasteiger partial charge is 0.149 e. The van der Waals surface area contributed by atoms with Crippen molar-refractivity contribution in [2.24, 2.45) is 11.3 Å². The van der Waals surface area contributed by atoms with Gasteiger partial charge in [-0.25, -0.2) is 0 Å². The molecule has 2 fully saturated rings. The third-order valence-corrected chi connectivity index (χ3v) is 3.95. The number of carbonyl (C=O) groups is 1. The molecule has 0 aromatic rings. The summed E-state index contributed by atoms with van der Waals surface area (Å²) in [6, 6.07) is 0. The molecule has 0 spiro atoms. The Morgan fingerprint density at radius 3 is 2.53 bits per heavy atom. The molecule has 0 N–H and O–H groups in total. The molecule has 1 aliphatic heterocycles. The second kappa shape index (κ2) is 4.25. The number of hydrogen-bond donors (Lipinski definition) is 0. The fourth-order valence-corrected chi connectivity index (χ4v) is 2.96. The van der Waals surface area contributed by atoms with Crippen LogP contribution in [-0.4, -0.2) is 30.3 Å². The summed E-state index contributed by atoms with van der Waals surface area (Å²) in [6.45, 7) is 7.53. The number of Topliss-reactive ketones (excluding diaryl/α,β-unsaturated/α-hetero) is 1. The lowest BCUT2D eigenvalue weighted by molar-refractivity contribution is -0.123. The predicted molar refractivity (Wildman–Crippen MR) is 61.8 cm³/mol. The summed E-state index contributed by atoms with van der Waals surface area (Å²) in [4.78, 5) is 14.3. The van der Waals surface area contributed by atoms with Crippen molar-refractivity contribution in [3.05, 3.63) is 0 Å². The van der Waals surface area contributed by atoms with Crippen LogP contribution in [0.1, 0.15) is 46.0 Å². The summed E-state index contributed by atoms with van der Waals surface area (Å²) in [7, 11) is 0. The van der Waals surface area contributed by atoms with E-state index in [-0.39, 0.29) is 0 Å². The van der Waals surface area contributed by atoms with Gasteiger partial charge in [0.1, 0.15) is 5.78 Å². The lowest BCUT2D eigenvalue weighted by Gasteiger charge is -2.20. The van der Waals surface area contributed by atoms with E-state index in [0.29, 0.717) is 23.7 Å². The van der Waals surface area contributed by atoms with Crippen molar-refractivity contribution in [1.82, 2.24) is 4.90 Å². The average Bonchev–Trinajstić information content (AvgIpc) is 2.74.